The molecule has 120 valence electrons. The molecule has 0 aliphatic carbocycles. The average Bonchev–Trinajstić information content (AvgIpc) is 2.50. The standard InChI is InChI=1S/C15H20ClN3O3/c1-10-8-22-9-11(2)19(10)7-6-17-13-12(15(20)21-3)4-5-18-14(13)16/h4-6,10-11H,7-9H2,1-3H3/b17-6+/t10-,11-/m1/s1. The van der Waals surface area contributed by atoms with Gasteiger partial charge in [-0.25, -0.2) is 9.78 Å². The van der Waals surface area contributed by atoms with Gasteiger partial charge >= 0.3 is 5.97 Å². The van der Waals surface area contributed by atoms with Crippen molar-refractivity contribution in [2.45, 2.75) is 25.9 Å². The highest BCUT2D eigenvalue weighted by Crippen LogP contribution is 2.27. The Morgan fingerprint density at radius 2 is 2.23 bits per heavy atom. The smallest absolute Gasteiger partial charge is 0.340 e. The van der Waals surface area contributed by atoms with Gasteiger partial charge in [0.2, 0.25) is 0 Å². The number of aliphatic imine (C=N–C) groups is 1. The number of ether oxygens (including phenoxy) is 2. The highest BCUT2D eigenvalue weighted by molar-refractivity contribution is 6.32. The van der Waals surface area contributed by atoms with Crippen LogP contribution in [0.15, 0.2) is 17.3 Å². The van der Waals surface area contributed by atoms with Gasteiger partial charge in [-0.2, -0.15) is 0 Å². The van der Waals surface area contributed by atoms with E-state index >= 15 is 0 Å². The molecule has 1 fully saturated rings. The molecule has 2 atom stereocenters. The van der Waals surface area contributed by atoms with Crippen molar-refractivity contribution in [1.29, 1.82) is 0 Å². The van der Waals surface area contributed by atoms with Crippen LogP contribution in [0.3, 0.4) is 0 Å². The van der Waals surface area contributed by atoms with Crippen LogP contribution in [0.25, 0.3) is 0 Å². The number of hydrogen-bond acceptors (Lipinski definition) is 6. The molecule has 1 saturated heterocycles. The van der Waals surface area contributed by atoms with Crippen LogP contribution in [0.2, 0.25) is 5.15 Å². The molecule has 6 nitrogen and oxygen atoms in total. The molecule has 0 N–H and O–H groups in total. The lowest BCUT2D eigenvalue weighted by atomic mass is 10.2. The molecular weight excluding hydrogens is 306 g/mol. The zero-order chi connectivity index (χ0) is 16.1. The third-order valence-corrected chi connectivity index (χ3v) is 3.92. The van der Waals surface area contributed by atoms with E-state index in [2.05, 4.69) is 28.7 Å². The van der Waals surface area contributed by atoms with Crippen molar-refractivity contribution in [2.24, 2.45) is 4.99 Å². The second kappa shape index (κ2) is 7.67. The molecule has 0 aromatic carbocycles. The van der Waals surface area contributed by atoms with E-state index in [1.165, 1.54) is 13.3 Å². The van der Waals surface area contributed by atoms with Crippen molar-refractivity contribution in [1.82, 2.24) is 9.88 Å². The average molecular weight is 326 g/mol. The van der Waals surface area contributed by atoms with Crippen molar-refractivity contribution >= 4 is 29.5 Å². The van der Waals surface area contributed by atoms with Crippen LogP contribution in [0, 0.1) is 0 Å². The monoisotopic (exact) mass is 325 g/mol. The summed E-state index contributed by atoms with van der Waals surface area (Å²) in [6, 6.07) is 2.18. The molecule has 0 radical (unpaired) electrons. The Bertz CT molecular complexity index is 555. The number of rotatable bonds is 4. The van der Waals surface area contributed by atoms with Crippen molar-refractivity contribution in [3.05, 3.63) is 23.0 Å². The van der Waals surface area contributed by atoms with Crippen LogP contribution in [0.1, 0.15) is 24.2 Å². The summed E-state index contributed by atoms with van der Waals surface area (Å²) in [6.45, 7) is 6.29. The number of pyridine rings is 1. The lowest BCUT2D eigenvalue weighted by molar-refractivity contribution is -0.0280. The number of aromatic nitrogens is 1. The Kier molecular flexibility index (Phi) is 5.88. The molecule has 1 aliphatic heterocycles. The zero-order valence-corrected chi connectivity index (χ0v) is 13.7. The third-order valence-electron chi connectivity index (χ3n) is 3.65. The predicted octanol–water partition coefficient (Wildman–Crippen LogP) is 2.33. The van der Waals surface area contributed by atoms with Crippen molar-refractivity contribution < 1.29 is 14.3 Å². The van der Waals surface area contributed by atoms with Gasteiger partial charge in [0.1, 0.15) is 5.69 Å². The lowest BCUT2D eigenvalue weighted by Gasteiger charge is -2.37. The van der Waals surface area contributed by atoms with E-state index in [9.17, 15) is 4.79 Å². The van der Waals surface area contributed by atoms with Crippen LogP contribution in [0.5, 0.6) is 0 Å². The summed E-state index contributed by atoms with van der Waals surface area (Å²) >= 11 is 6.04. The van der Waals surface area contributed by atoms with Crippen LogP contribution in [-0.2, 0) is 9.47 Å². The number of carbonyl (C=O) groups is 1. The Hall–Kier alpha value is -1.50. The molecule has 1 aromatic rings. The molecule has 1 aromatic heterocycles. The van der Waals surface area contributed by atoms with E-state index in [0.29, 0.717) is 43.1 Å². The van der Waals surface area contributed by atoms with E-state index in [0.717, 1.165) is 0 Å². The van der Waals surface area contributed by atoms with E-state index in [4.69, 9.17) is 21.1 Å². The van der Waals surface area contributed by atoms with Crippen LogP contribution in [-0.4, -0.2) is 61.0 Å². The quantitative estimate of drug-likeness (QED) is 0.483. The van der Waals surface area contributed by atoms with Gasteiger partial charge in [-0.15, -0.1) is 0 Å². The first kappa shape index (κ1) is 16.9. The normalized spacial score (nSPS) is 22.9. The largest absolute Gasteiger partial charge is 0.465 e. The highest BCUT2D eigenvalue weighted by Gasteiger charge is 2.24. The minimum absolute atomic E-state index is 0.183. The molecule has 2 rings (SSSR count). The van der Waals surface area contributed by atoms with Crippen molar-refractivity contribution in [3.8, 4) is 0 Å². The maximum absolute atomic E-state index is 11.7. The Morgan fingerprint density at radius 1 is 1.55 bits per heavy atom. The summed E-state index contributed by atoms with van der Waals surface area (Å²) in [5, 5.41) is 0.183. The molecule has 7 heteroatoms. The van der Waals surface area contributed by atoms with E-state index < -0.39 is 5.97 Å². The molecular formula is C15H20ClN3O3. The zero-order valence-electron chi connectivity index (χ0n) is 13.0. The van der Waals surface area contributed by atoms with Crippen LogP contribution < -0.4 is 0 Å². The number of morpholine rings is 1. The number of halogens is 1. The third kappa shape index (κ3) is 3.82. The summed E-state index contributed by atoms with van der Waals surface area (Å²) in [6.07, 6.45) is 3.20. The summed E-state index contributed by atoms with van der Waals surface area (Å²) in [5.41, 5.74) is 0.645. The first-order valence-corrected chi connectivity index (χ1v) is 7.51. The van der Waals surface area contributed by atoms with Gasteiger partial charge in [0.05, 0.1) is 25.9 Å². The SMILES string of the molecule is COC(=O)c1ccnc(Cl)c1/N=C/CN1[C@H](C)COC[C@H]1C. The second-order valence-electron chi connectivity index (χ2n) is 5.23. The van der Waals surface area contributed by atoms with Crippen LogP contribution in [0.4, 0.5) is 5.69 Å². The molecule has 22 heavy (non-hydrogen) atoms. The van der Waals surface area contributed by atoms with Gasteiger partial charge in [0.15, 0.2) is 5.15 Å². The number of carbonyl (C=O) groups excluding carboxylic acids is 1. The Labute approximate surface area is 135 Å². The summed E-state index contributed by atoms with van der Waals surface area (Å²) in [4.78, 5) is 22.3. The van der Waals surface area contributed by atoms with Gasteiger partial charge in [-0.05, 0) is 19.9 Å². The van der Waals surface area contributed by atoms with Gasteiger partial charge < -0.3 is 9.47 Å². The van der Waals surface area contributed by atoms with Gasteiger partial charge in [0, 0.05) is 31.0 Å². The van der Waals surface area contributed by atoms with Crippen LogP contribution >= 0.6 is 11.6 Å². The molecule has 0 amide bonds. The van der Waals surface area contributed by atoms with E-state index in [-0.39, 0.29) is 5.15 Å². The van der Waals surface area contributed by atoms with E-state index in [1.807, 2.05) is 0 Å². The number of hydrogen-bond donors (Lipinski definition) is 0. The number of methoxy groups -OCH3 is 1. The molecule has 0 saturated carbocycles. The highest BCUT2D eigenvalue weighted by atomic mass is 35.5. The minimum Gasteiger partial charge on any atom is -0.465 e. The first-order valence-electron chi connectivity index (χ1n) is 7.13. The summed E-state index contributed by atoms with van der Waals surface area (Å²) in [7, 11) is 1.32. The topological polar surface area (TPSA) is 64.0 Å². The number of esters is 1. The molecule has 2 heterocycles. The molecule has 1 aliphatic rings. The minimum atomic E-state index is -0.482. The number of nitrogens with zero attached hydrogens (tertiary/aromatic N) is 3. The van der Waals surface area contributed by atoms with Crippen molar-refractivity contribution in [3.63, 3.8) is 0 Å². The first-order chi connectivity index (χ1) is 10.5. The van der Waals surface area contributed by atoms with Crippen molar-refractivity contribution in [2.75, 3.05) is 26.9 Å². The fourth-order valence-electron chi connectivity index (χ4n) is 2.45. The second-order valence-corrected chi connectivity index (χ2v) is 5.59. The van der Waals surface area contributed by atoms with Gasteiger partial charge in [-0.3, -0.25) is 9.89 Å². The fraction of sp³-hybridized carbons (Fsp3) is 0.533. The fourth-order valence-corrected chi connectivity index (χ4v) is 2.65. The summed E-state index contributed by atoms with van der Waals surface area (Å²) in [5.74, 6) is -0.482. The maximum atomic E-state index is 11.7. The summed E-state index contributed by atoms with van der Waals surface area (Å²) < 4.78 is 10.2. The van der Waals surface area contributed by atoms with Gasteiger partial charge in [0.25, 0.3) is 0 Å². The molecule has 0 unspecified atom stereocenters. The Balaban J connectivity index is 2.14. The predicted molar refractivity (Wildman–Crippen MR) is 85.2 cm³/mol. The van der Waals surface area contributed by atoms with Gasteiger partial charge in [-0.1, -0.05) is 11.6 Å². The Morgan fingerprint density at radius 3 is 2.86 bits per heavy atom. The lowest BCUT2D eigenvalue weighted by Crippen LogP contribution is -2.50. The molecule has 0 bridgehead atoms. The maximum Gasteiger partial charge on any atom is 0.340 e. The van der Waals surface area contributed by atoms with E-state index in [1.54, 1.807) is 12.3 Å². The molecule has 0 spiro atoms.